The van der Waals surface area contributed by atoms with Crippen molar-refractivity contribution in [3.8, 4) is 5.75 Å². The second-order valence-corrected chi connectivity index (χ2v) is 5.27. The Bertz CT molecular complexity index is 412. The van der Waals surface area contributed by atoms with E-state index in [4.69, 9.17) is 28.9 Å². The van der Waals surface area contributed by atoms with Crippen molar-refractivity contribution in [2.75, 3.05) is 19.6 Å². The van der Waals surface area contributed by atoms with Gasteiger partial charge >= 0.3 is 0 Å². The number of nitrogens with two attached hydrogens (primary N) is 1. The highest BCUT2D eigenvalue weighted by Gasteiger charge is 2.23. The average Bonchev–Trinajstić information content (AvgIpc) is 2.77. The van der Waals surface area contributed by atoms with Crippen LogP contribution >= 0.6 is 23.2 Å². The molecule has 1 aliphatic heterocycles. The minimum Gasteiger partial charge on any atom is -0.506 e. The van der Waals surface area contributed by atoms with Crippen LogP contribution in [0.4, 0.5) is 0 Å². The van der Waals surface area contributed by atoms with Gasteiger partial charge in [-0.1, -0.05) is 23.2 Å². The quantitative estimate of drug-likeness (QED) is 0.891. The van der Waals surface area contributed by atoms with Gasteiger partial charge in [0.1, 0.15) is 5.75 Å². The lowest BCUT2D eigenvalue weighted by Crippen LogP contribution is -2.23. The Kier molecular flexibility index (Phi) is 4.15. The summed E-state index contributed by atoms with van der Waals surface area (Å²) in [6.45, 7) is 3.36. The van der Waals surface area contributed by atoms with Crippen LogP contribution < -0.4 is 5.73 Å². The number of hydrogen-bond donors (Lipinski definition) is 2. The van der Waals surface area contributed by atoms with Crippen LogP contribution in [-0.2, 0) is 6.54 Å². The van der Waals surface area contributed by atoms with Gasteiger partial charge in [0.15, 0.2) is 0 Å². The molecule has 0 aromatic heterocycles. The smallest absolute Gasteiger partial charge is 0.134 e. The van der Waals surface area contributed by atoms with E-state index in [1.165, 1.54) is 6.07 Å². The molecule has 0 aliphatic carbocycles. The largest absolute Gasteiger partial charge is 0.506 e. The molecule has 0 saturated carbocycles. The first kappa shape index (κ1) is 13.0. The lowest BCUT2D eigenvalue weighted by Gasteiger charge is -2.18. The summed E-state index contributed by atoms with van der Waals surface area (Å²) in [7, 11) is 0. The number of aromatic hydroxyl groups is 1. The fourth-order valence-corrected chi connectivity index (χ4v) is 2.69. The molecule has 1 aromatic carbocycles. The Balaban J connectivity index is 2.11. The maximum atomic E-state index is 9.57. The van der Waals surface area contributed by atoms with Gasteiger partial charge in [-0.25, -0.2) is 0 Å². The van der Waals surface area contributed by atoms with Crippen molar-refractivity contribution in [3.05, 3.63) is 27.7 Å². The molecule has 2 rings (SSSR count). The summed E-state index contributed by atoms with van der Waals surface area (Å²) in [4.78, 5) is 2.27. The summed E-state index contributed by atoms with van der Waals surface area (Å²) in [5.74, 6) is 0.644. The fraction of sp³-hybridized carbons (Fsp3) is 0.500. The van der Waals surface area contributed by atoms with E-state index in [0.29, 0.717) is 22.5 Å². The van der Waals surface area contributed by atoms with Crippen molar-refractivity contribution in [2.45, 2.75) is 13.0 Å². The summed E-state index contributed by atoms with van der Waals surface area (Å²) in [6.07, 6.45) is 1.12. The van der Waals surface area contributed by atoms with Gasteiger partial charge in [-0.15, -0.1) is 0 Å². The standard InChI is InChI=1S/C12H16Cl2N2O/c13-10-1-2-11(17)12(14)9(10)7-16-4-3-8(5-15)6-16/h1-2,8,17H,3-7,15H2. The fourth-order valence-electron chi connectivity index (χ4n) is 2.20. The molecular formula is C12H16Cl2N2O. The second-order valence-electron chi connectivity index (χ2n) is 4.48. The molecule has 1 aromatic rings. The first-order chi connectivity index (χ1) is 8.11. The summed E-state index contributed by atoms with van der Waals surface area (Å²) in [5.41, 5.74) is 6.45. The molecule has 0 spiro atoms. The van der Waals surface area contributed by atoms with E-state index < -0.39 is 0 Å². The molecule has 3 N–H and O–H groups in total. The average molecular weight is 275 g/mol. The van der Waals surface area contributed by atoms with Crippen LogP contribution in [0.15, 0.2) is 12.1 Å². The molecule has 5 heteroatoms. The highest BCUT2D eigenvalue weighted by molar-refractivity contribution is 6.36. The normalized spacial score (nSPS) is 21.0. The summed E-state index contributed by atoms with van der Waals surface area (Å²) >= 11 is 12.2. The van der Waals surface area contributed by atoms with Gasteiger partial charge in [0, 0.05) is 23.7 Å². The molecular weight excluding hydrogens is 259 g/mol. The summed E-state index contributed by atoms with van der Waals surface area (Å²) in [5, 5.41) is 10.5. The molecule has 1 unspecified atom stereocenters. The minimum atomic E-state index is 0.0839. The van der Waals surface area contributed by atoms with Crippen molar-refractivity contribution in [2.24, 2.45) is 11.7 Å². The van der Waals surface area contributed by atoms with Crippen molar-refractivity contribution in [1.29, 1.82) is 0 Å². The zero-order chi connectivity index (χ0) is 12.4. The molecule has 1 atom stereocenters. The van der Waals surface area contributed by atoms with Gasteiger partial charge in [0.25, 0.3) is 0 Å². The number of phenols is 1. The number of halogens is 2. The molecule has 0 amide bonds. The molecule has 0 radical (unpaired) electrons. The van der Waals surface area contributed by atoms with E-state index in [0.717, 1.165) is 31.6 Å². The molecule has 1 aliphatic rings. The van der Waals surface area contributed by atoms with E-state index in [-0.39, 0.29) is 5.75 Å². The zero-order valence-electron chi connectivity index (χ0n) is 9.50. The Morgan fingerprint density at radius 2 is 2.18 bits per heavy atom. The first-order valence-electron chi connectivity index (χ1n) is 5.70. The highest BCUT2D eigenvalue weighted by atomic mass is 35.5. The van der Waals surface area contributed by atoms with Gasteiger partial charge in [0.05, 0.1) is 5.02 Å². The van der Waals surface area contributed by atoms with Crippen LogP contribution in [0.3, 0.4) is 0 Å². The van der Waals surface area contributed by atoms with Crippen LogP contribution in [0.1, 0.15) is 12.0 Å². The Morgan fingerprint density at radius 1 is 1.41 bits per heavy atom. The van der Waals surface area contributed by atoms with Crippen LogP contribution in [0.25, 0.3) is 0 Å². The predicted molar refractivity (Wildman–Crippen MR) is 70.6 cm³/mol. The molecule has 17 heavy (non-hydrogen) atoms. The number of hydrogen-bond acceptors (Lipinski definition) is 3. The third-order valence-electron chi connectivity index (χ3n) is 3.25. The van der Waals surface area contributed by atoms with Crippen molar-refractivity contribution >= 4 is 23.2 Å². The Labute approximate surface area is 111 Å². The summed E-state index contributed by atoms with van der Waals surface area (Å²) < 4.78 is 0. The van der Waals surface area contributed by atoms with Gasteiger partial charge < -0.3 is 10.8 Å². The summed E-state index contributed by atoms with van der Waals surface area (Å²) in [6, 6.07) is 3.19. The molecule has 0 bridgehead atoms. The number of phenolic OH excluding ortho intramolecular Hbond substituents is 1. The van der Waals surface area contributed by atoms with Gasteiger partial charge in [0.2, 0.25) is 0 Å². The zero-order valence-corrected chi connectivity index (χ0v) is 11.0. The lowest BCUT2D eigenvalue weighted by molar-refractivity contribution is 0.317. The van der Waals surface area contributed by atoms with E-state index in [9.17, 15) is 5.11 Å². The molecule has 1 saturated heterocycles. The topological polar surface area (TPSA) is 49.5 Å². The maximum absolute atomic E-state index is 9.57. The molecule has 3 nitrogen and oxygen atoms in total. The number of rotatable bonds is 3. The second kappa shape index (κ2) is 5.44. The third kappa shape index (κ3) is 2.86. The van der Waals surface area contributed by atoms with Crippen LogP contribution in [0.5, 0.6) is 5.75 Å². The van der Waals surface area contributed by atoms with E-state index >= 15 is 0 Å². The first-order valence-corrected chi connectivity index (χ1v) is 6.45. The van der Waals surface area contributed by atoms with E-state index in [1.807, 2.05) is 0 Å². The highest BCUT2D eigenvalue weighted by Crippen LogP contribution is 2.34. The van der Waals surface area contributed by atoms with Crippen LogP contribution in [0, 0.1) is 5.92 Å². The van der Waals surface area contributed by atoms with Crippen LogP contribution in [0.2, 0.25) is 10.0 Å². The Hall–Kier alpha value is -0.480. The minimum absolute atomic E-state index is 0.0839. The van der Waals surface area contributed by atoms with Gasteiger partial charge in [-0.3, -0.25) is 4.90 Å². The van der Waals surface area contributed by atoms with Gasteiger partial charge in [-0.2, -0.15) is 0 Å². The van der Waals surface area contributed by atoms with E-state index in [2.05, 4.69) is 4.90 Å². The Morgan fingerprint density at radius 3 is 2.82 bits per heavy atom. The van der Waals surface area contributed by atoms with Crippen LogP contribution in [-0.4, -0.2) is 29.6 Å². The van der Waals surface area contributed by atoms with Gasteiger partial charge in [-0.05, 0) is 37.6 Å². The maximum Gasteiger partial charge on any atom is 0.134 e. The number of likely N-dealkylation sites (tertiary alicyclic amines) is 1. The molecule has 94 valence electrons. The van der Waals surface area contributed by atoms with Crippen molar-refractivity contribution in [1.82, 2.24) is 4.90 Å². The lowest BCUT2D eigenvalue weighted by atomic mass is 10.1. The third-order valence-corrected chi connectivity index (χ3v) is 4.03. The molecule has 1 heterocycles. The van der Waals surface area contributed by atoms with Crippen molar-refractivity contribution < 1.29 is 5.11 Å². The number of benzene rings is 1. The SMILES string of the molecule is NCC1CCN(Cc2c(Cl)ccc(O)c2Cl)C1. The predicted octanol–water partition coefficient (Wildman–Crippen LogP) is 2.48. The van der Waals surface area contributed by atoms with Crippen molar-refractivity contribution in [3.63, 3.8) is 0 Å². The van der Waals surface area contributed by atoms with E-state index in [1.54, 1.807) is 6.07 Å². The monoisotopic (exact) mass is 274 g/mol. The molecule has 1 fully saturated rings. The number of nitrogens with zero attached hydrogens (tertiary/aromatic N) is 1.